The molecule has 2 saturated carbocycles. The van der Waals surface area contributed by atoms with E-state index in [1.165, 1.54) is 51.4 Å². The molecule has 0 saturated heterocycles. The number of hydrogen-bond acceptors (Lipinski definition) is 0. The first kappa shape index (κ1) is 14.4. The minimum atomic E-state index is 0.432. The van der Waals surface area contributed by atoms with Crippen molar-refractivity contribution >= 4 is 0 Å². The van der Waals surface area contributed by atoms with Crippen LogP contribution in [-0.2, 0) is 0 Å². The lowest BCUT2D eigenvalue weighted by Crippen LogP contribution is -2.41. The van der Waals surface area contributed by atoms with E-state index in [1.807, 2.05) is 5.57 Å². The van der Waals surface area contributed by atoms with Gasteiger partial charge in [0.1, 0.15) is 0 Å². The van der Waals surface area contributed by atoms with E-state index in [9.17, 15) is 0 Å². The lowest BCUT2D eigenvalue weighted by molar-refractivity contribution is 0.0696. The topological polar surface area (TPSA) is 0 Å². The van der Waals surface area contributed by atoms with E-state index in [0.717, 1.165) is 11.8 Å². The van der Waals surface area contributed by atoms with Crippen molar-refractivity contribution in [3.8, 4) is 0 Å². The molecule has 112 valence electrons. The second kappa shape index (κ2) is 4.75. The second-order valence-corrected chi connectivity index (χ2v) is 8.67. The van der Waals surface area contributed by atoms with E-state index in [-0.39, 0.29) is 0 Å². The predicted molar refractivity (Wildman–Crippen MR) is 87.6 cm³/mol. The third-order valence-corrected chi connectivity index (χ3v) is 7.23. The Balaban J connectivity index is 1.99. The first-order valence-electron chi connectivity index (χ1n) is 8.71. The van der Waals surface area contributed by atoms with E-state index in [1.54, 1.807) is 11.1 Å². The molecule has 3 aliphatic rings. The highest BCUT2D eigenvalue weighted by molar-refractivity contribution is 5.27. The Morgan fingerprint density at radius 1 is 1.05 bits per heavy atom. The molecule has 2 fully saturated rings. The van der Waals surface area contributed by atoms with Gasteiger partial charge >= 0.3 is 0 Å². The minimum Gasteiger partial charge on any atom is -0.0996 e. The highest BCUT2D eigenvalue weighted by Crippen LogP contribution is 2.58. The van der Waals surface area contributed by atoms with Crippen LogP contribution in [0.1, 0.15) is 79.1 Å². The molecule has 3 rings (SSSR count). The zero-order valence-electron chi connectivity index (χ0n) is 14.0. The molecule has 0 aromatic heterocycles. The van der Waals surface area contributed by atoms with Crippen molar-refractivity contribution in [2.24, 2.45) is 22.7 Å². The van der Waals surface area contributed by atoms with Crippen molar-refractivity contribution in [2.75, 3.05) is 0 Å². The van der Waals surface area contributed by atoms with Crippen molar-refractivity contribution in [1.29, 1.82) is 0 Å². The van der Waals surface area contributed by atoms with Gasteiger partial charge in [-0.05, 0) is 81.0 Å². The first-order chi connectivity index (χ1) is 9.34. The van der Waals surface area contributed by atoms with Gasteiger partial charge in [-0.15, -0.1) is 0 Å². The standard InChI is InChI=1S/C20H32/c1-14-7-6-11-20(5)12-10-17-15(2)8-9-16(13-18(14)20)19(17,3)4/h16,18H,1,6-13H2,2-5H3/t16-,18+,20-/m0/s1. The molecular weight excluding hydrogens is 240 g/mol. The molecule has 0 heterocycles. The summed E-state index contributed by atoms with van der Waals surface area (Å²) in [4.78, 5) is 0. The molecule has 0 aliphatic heterocycles. The maximum absolute atomic E-state index is 4.47. The molecule has 0 aromatic carbocycles. The number of fused-ring (bicyclic) bond motifs is 3. The van der Waals surface area contributed by atoms with Crippen LogP contribution in [0.2, 0.25) is 0 Å². The normalized spacial score (nSPS) is 40.9. The maximum atomic E-state index is 4.47. The van der Waals surface area contributed by atoms with Gasteiger partial charge in [0.05, 0.1) is 0 Å². The van der Waals surface area contributed by atoms with Crippen molar-refractivity contribution in [2.45, 2.75) is 79.1 Å². The zero-order chi connectivity index (χ0) is 14.5. The molecule has 0 heteroatoms. The average molecular weight is 272 g/mol. The summed E-state index contributed by atoms with van der Waals surface area (Å²) in [5.74, 6) is 1.67. The lowest BCUT2D eigenvalue weighted by atomic mass is 9.53. The summed E-state index contributed by atoms with van der Waals surface area (Å²) in [5.41, 5.74) is 6.06. The Hall–Kier alpha value is -0.520. The van der Waals surface area contributed by atoms with Crippen LogP contribution in [0.5, 0.6) is 0 Å². The quantitative estimate of drug-likeness (QED) is 0.455. The van der Waals surface area contributed by atoms with E-state index in [4.69, 9.17) is 0 Å². The van der Waals surface area contributed by atoms with Gasteiger partial charge in [-0.2, -0.15) is 0 Å². The zero-order valence-corrected chi connectivity index (χ0v) is 14.0. The molecule has 2 bridgehead atoms. The summed E-state index contributed by atoms with van der Waals surface area (Å²) in [5, 5.41) is 0. The molecule has 0 spiro atoms. The van der Waals surface area contributed by atoms with Gasteiger partial charge in [-0.25, -0.2) is 0 Å². The Bertz CT molecular complexity index is 451. The van der Waals surface area contributed by atoms with Gasteiger partial charge < -0.3 is 0 Å². The van der Waals surface area contributed by atoms with E-state index in [0.29, 0.717) is 10.8 Å². The third-order valence-electron chi connectivity index (χ3n) is 7.23. The highest BCUT2D eigenvalue weighted by atomic mass is 14.5. The SMILES string of the molecule is C=C1CCC[C@@]2(C)CCC3=C(C)CC[C@@H](C[C@H]12)C3(C)C. The summed E-state index contributed by atoms with van der Waals surface area (Å²) in [6.07, 6.45) is 11.0. The Morgan fingerprint density at radius 3 is 2.55 bits per heavy atom. The highest BCUT2D eigenvalue weighted by Gasteiger charge is 2.46. The summed E-state index contributed by atoms with van der Waals surface area (Å²) < 4.78 is 0. The molecule has 20 heavy (non-hydrogen) atoms. The molecule has 3 aliphatic carbocycles. The summed E-state index contributed by atoms with van der Waals surface area (Å²) in [6, 6.07) is 0. The maximum Gasteiger partial charge on any atom is -0.0114 e. The molecule has 0 radical (unpaired) electrons. The smallest absolute Gasteiger partial charge is 0.0114 e. The number of rotatable bonds is 0. The fraction of sp³-hybridized carbons (Fsp3) is 0.800. The molecule has 0 aromatic rings. The van der Waals surface area contributed by atoms with E-state index >= 15 is 0 Å². The van der Waals surface area contributed by atoms with Crippen LogP contribution in [0, 0.1) is 22.7 Å². The number of hydrogen-bond donors (Lipinski definition) is 0. The van der Waals surface area contributed by atoms with E-state index in [2.05, 4.69) is 34.3 Å². The van der Waals surface area contributed by atoms with Gasteiger partial charge in [0.25, 0.3) is 0 Å². The largest absolute Gasteiger partial charge is 0.0996 e. The van der Waals surface area contributed by atoms with Crippen LogP contribution in [0.25, 0.3) is 0 Å². The van der Waals surface area contributed by atoms with Crippen LogP contribution in [0.4, 0.5) is 0 Å². The van der Waals surface area contributed by atoms with Gasteiger partial charge in [-0.1, -0.05) is 44.1 Å². The van der Waals surface area contributed by atoms with Crippen molar-refractivity contribution in [3.05, 3.63) is 23.3 Å². The summed E-state index contributed by atoms with van der Waals surface area (Å²) in [7, 11) is 0. The predicted octanol–water partition coefficient (Wildman–Crippen LogP) is 6.29. The lowest BCUT2D eigenvalue weighted by Gasteiger charge is -2.52. The molecule has 3 atom stereocenters. The van der Waals surface area contributed by atoms with Gasteiger partial charge in [0.2, 0.25) is 0 Å². The second-order valence-electron chi connectivity index (χ2n) is 8.67. The van der Waals surface area contributed by atoms with Crippen LogP contribution in [-0.4, -0.2) is 0 Å². The Kier molecular flexibility index (Phi) is 3.42. The van der Waals surface area contributed by atoms with Gasteiger partial charge in [0.15, 0.2) is 0 Å². The van der Waals surface area contributed by atoms with Crippen molar-refractivity contribution < 1.29 is 0 Å². The molecule has 0 unspecified atom stereocenters. The summed E-state index contributed by atoms with van der Waals surface area (Å²) in [6.45, 7) is 14.5. The fourth-order valence-electron chi connectivity index (χ4n) is 5.65. The van der Waals surface area contributed by atoms with Gasteiger partial charge in [0, 0.05) is 0 Å². The monoisotopic (exact) mass is 272 g/mol. The average Bonchev–Trinajstić information content (AvgIpc) is 2.35. The molecule has 0 nitrogen and oxygen atoms in total. The van der Waals surface area contributed by atoms with Crippen LogP contribution in [0.3, 0.4) is 0 Å². The molecular formula is C20H32. The number of allylic oxidation sites excluding steroid dienone is 3. The van der Waals surface area contributed by atoms with E-state index < -0.39 is 0 Å². The van der Waals surface area contributed by atoms with Crippen LogP contribution < -0.4 is 0 Å². The van der Waals surface area contributed by atoms with Crippen molar-refractivity contribution in [1.82, 2.24) is 0 Å². The fourth-order valence-corrected chi connectivity index (χ4v) is 5.65. The minimum absolute atomic E-state index is 0.432. The Morgan fingerprint density at radius 2 is 1.80 bits per heavy atom. The van der Waals surface area contributed by atoms with Gasteiger partial charge in [-0.3, -0.25) is 0 Å². The van der Waals surface area contributed by atoms with Crippen LogP contribution in [0.15, 0.2) is 23.3 Å². The summed E-state index contributed by atoms with van der Waals surface area (Å²) >= 11 is 0. The molecule has 0 N–H and O–H groups in total. The molecule has 0 amide bonds. The first-order valence-corrected chi connectivity index (χ1v) is 8.71. The third kappa shape index (κ3) is 2.11. The Labute approximate surface area is 125 Å². The van der Waals surface area contributed by atoms with Crippen molar-refractivity contribution in [3.63, 3.8) is 0 Å². The van der Waals surface area contributed by atoms with Crippen LogP contribution >= 0.6 is 0 Å².